The van der Waals surface area contributed by atoms with Gasteiger partial charge in [0.05, 0.1) is 27.8 Å². The van der Waals surface area contributed by atoms with Crippen molar-refractivity contribution in [2.75, 3.05) is 19.0 Å². The number of non-ortho nitro benzene ring substituents is 1. The van der Waals surface area contributed by atoms with Crippen LogP contribution >= 0.6 is 22.6 Å². The number of benzene rings is 3. The van der Waals surface area contributed by atoms with Gasteiger partial charge >= 0.3 is 5.97 Å². The molecule has 10 nitrogen and oxygen atoms in total. The van der Waals surface area contributed by atoms with Crippen molar-refractivity contribution >= 4 is 51.9 Å². The number of aryl methyl sites for hydroxylation is 1. The molecule has 38 heavy (non-hydrogen) atoms. The lowest BCUT2D eigenvalue weighted by Gasteiger charge is -2.14. The lowest BCUT2D eigenvalue weighted by atomic mass is 10.1. The Hall–Kier alpha value is -4.44. The van der Waals surface area contributed by atoms with Crippen molar-refractivity contribution in [1.82, 2.24) is 0 Å². The number of ether oxygens (including phenoxy) is 3. The average Bonchev–Trinajstić information content (AvgIpc) is 2.90. The second-order valence-corrected chi connectivity index (χ2v) is 8.92. The molecule has 0 fully saturated rings. The number of carbonyl (C=O) groups excluding carboxylic acids is 2. The molecule has 0 aliphatic rings. The van der Waals surface area contributed by atoms with Crippen LogP contribution in [-0.4, -0.2) is 30.5 Å². The predicted octanol–water partition coefficient (Wildman–Crippen LogP) is 5.68. The third-order valence-electron chi connectivity index (χ3n) is 5.20. The molecule has 0 radical (unpaired) electrons. The zero-order chi connectivity index (χ0) is 27.8. The lowest BCUT2D eigenvalue weighted by molar-refractivity contribution is -0.384. The lowest BCUT2D eigenvalue weighted by Crippen LogP contribution is -2.14. The van der Waals surface area contributed by atoms with Crippen molar-refractivity contribution in [3.05, 3.63) is 90.5 Å². The Morgan fingerprint density at radius 2 is 1.87 bits per heavy atom. The molecule has 3 aromatic carbocycles. The Morgan fingerprint density at radius 1 is 1.16 bits per heavy atom. The van der Waals surface area contributed by atoms with E-state index < -0.39 is 16.8 Å². The molecule has 1 N–H and O–H groups in total. The molecule has 11 heteroatoms. The van der Waals surface area contributed by atoms with Crippen LogP contribution < -0.4 is 19.5 Å². The smallest absolute Gasteiger partial charge is 0.343 e. The van der Waals surface area contributed by atoms with Gasteiger partial charge in [0.2, 0.25) is 0 Å². The third kappa shape index (κ3) is 6.86. The first-order chi connectivity index (χ1) is 18.2. The Kier molecular flexibility index (Phi) is 9.39. The number of amides is 1. The average molecular weight is 627 g/mol. The fraction of sp³-hybridized carbons (Fsp3) is 0.148. The van der Waals surface area contributed by atoms with Gasteiger partial charge in [0.1, 0.15) is 17.4 Å². The zero-order valence-corrected chi connectivity index (χ0v) is 22.8. The first kappa shape index (κ1) is 28.1. The van der Waals surface area contributed by atoms with Crippen LogP contribution in [0.5, 0.6) is 17.2 Å². The number of halogens is 1. The molecule has 1 amide bonds. The van der Waals surface area contributed by atoms with E-state index in [2.05, 4.69) is 5.32 Å². The molecule has 194 valence electrons. The number of carbonyl (C=O) groups is 2. The van der Waals surface area contributed by atoms with E-state index in [0.717, 1.165) is 0 Å². The van der Waals surface area contributed by atoms with E-state index in [4.69, 9.17) is 14.2 Å². The summed E-state index contributed by atoms with van der Waals surface area (Å²) in [7, 11) is 1.53. The SMILES string of the molecule is CCOc1cc(C=C(C#N)C(=O)Nc2ccc([N+](=O)[O-])cc2C)cc(I)c1OC(=O)c1ccc(OC)cc1. The third-order valence-corrected chi connectivity index (χ3v) is 6.00. The van der Waals surface area contributed by atoms with Crippen LogP contribution in [0.2, 0.25) is 0 Å². The molecule has 0 saturated carbocycles. The van der Waals surface area contributed by atoms with E-state index in [1.807, 2.05) is 28.7 Å². The van der Waals surface area contributed by atoms with Gasteiger partial charge in [-0.2, -0.15) is 5.26 Å². The fourth-order valence-electron chi connectivity index (χ4n) is 3.32. The highest BCUT2D eigenvalue weighted by Crippen LogP contribution is 2.36. The largest absolute Gasteiger partial charge is 0.497 e. The minimum atomic E-state index is -0.688. The number of nitrogens with one attached hydrogen (secondary N) is 1. The van der Waals surface area contributed by atoms with Gasteiger partial charge < -0.3 is 19.5 Å². The van der Waals surface area contributed by atoms with Crippen molar-refractivity contribution in [1.29, 1.82) is 5.26 Å². The van der Waals surface area contributed by atoms with Crippen molar-refractivity contribution < 1.29 is 28.7 Å². The van der Waals surface area contributed by atoms with E-state index in [9.17, 15) is 25.0 Å². The van der Waals surface area contributed by atoms with Crippen LogP contribution in [0.4, 0.5) is 11.4 Å². The topological polar surface area (TPSA) is 141 Å². The molecule has 0 aromatic heterocycles. The maximum absolute atomic E-state index is 12.8. The summed E-state index contributed by atoms with van der Waals surface area (Å²) in [5, 5.41) is 23.2. The molecular formula is C27H22IN3O7. The quantitative estimate of drug-likeness (QED) is 0.0608. The monoisotopic (exact) mass is 627 g/mol. The summed E-state index contributed by atoms with van der Waals surface area (Å²) >= 11 is 1.98. The summed E-state index contributed by atoms with van der Waals surface area (Å²) < 4.78 is 16.9. The summed E-state index contributed by atoms with van der Waals surface area (Å²) in [6.45, 7) is 3.66. The number of hydrogen-bond acceptors (Lipinski definition) is 8. The van der Waals surface area contributed by atoms with E-state index in [0.29, 0.717) is 31.7 Å². The number of nitriles is 1. The molecule has 0 unspecified atom stereocenters. The van der Waals surface area contributed by atoms with Gasteiger partial charge in [0.25, 0.3) is 11.6 Å². The van der Waals surface area contributed by atoms with E-state index in [1.165, 1.54) is 31.4 Å². The van der Waals surface area contributed by atoms with Crippen LogP contribution in [0.3, 0.4) is 0 Å². The van der Waals surface area contributed by atoms with Gasteiger partial charge in [-0.3, -0.25) is 14.9 Å². The fourth-order valence-corrected chi connectivity index (χ4v) is 4.05. The van der Waals surface area contributed by atoms with Crippen LogP contribution in [0.15, 0.2) is 60.2 Å². The standard InChI is InChI=1S/C27H22IN3O7/c1-4-37-24-14-17(13-22(28)25(24)38-27(33)18-5-8-21(36-3)9-6-18)12-19(15-29)26(32)30-23-10-7-20(31(34)35)11-16(23)2/h5-14H,4H2,1-3H3,(H,30,32). The van der Waals surface area contributed by atoms with Crippen LogP contribution in [0.1, 0.15) is 28.4 Å². The second kappa shape index (κ2) is 12.7. The van der Waals surface area contributed by atoms with Crippen molar-refractivity contribution in [3.63, 3.8) is 0 Å². The maximum atomic E-state index is 12.8. The highest BCUT2D eigenvalue weighted by Gasteiger charge is 2.19. The number of anilines is 1. The number of methoxy groups -OCH3 is 1. The van der Waals surface area contributed by atoms with Gasteiger partial charge in [0, 0.05) is 17.8 Å². The van der Waals surface area contributed by atoms with Crippen molar-refractivity contribution in [3.8, 4) is 23.3 Å². The molecule has 0 saturated heterocycles. The molecule has 0 bridgehead atoms. The highest BCUT2D eigenvalue weighted by molar-refractivity contribution is 14.1. The van der Waals surface area contributed by atoms with Crippen LogP contribution in [-0.2, 0) is 4.79 Å². The molecule has 0 spiro atoms. The number of esters is 1. The van der Waals surface area contributed by atoms with Gasteiger partial charge in [-0.05, 0) is 96.1 Å². The number of nitro groups is 1. The summed E-state index contributed by atoms with van der Waals surface area (Å²) in [5.41, 5.74) is 1.28. The number of hydrogen-bond donors (Lipinski definition) is 1. The summed E-state index contributed by atoms with van der Waals surface area (Å²) in [5.74, 6) is -0.215. The number of rotatable bonds is 9. The Balaban J connectivity index is 1.87. The van der Waals surface area contributed by atoms with Gasteiger partial charge in [-0.15, -0.1) is 0 Å². The van der Waals surface area contributed by atoms with E-state index in [1.54, 1.807) is 50.2 Å². The normalized spacial score (nSPS) is 10.8. The predicted molar refractivity (Wildman–Crippen MR) is 148 cm³/mol. The highest BCUT2D eigenvalue weighted by atomic mass is 127. The summed E-state index contributed by atoms with van der Waals surface area (Å²) in [4.78, 5) is 35.9. The Bertz CT molecular complexity index is 1460. The first-order valence-electron chi connectivity index (χ1n) is 11.2. The molecule has 0 atom stereocenters. The van der Waals surface area contributed by atoms with E-state index in [-0.39, 0.29) is 29.4 Å². The van der Waals surface area contributed by atoms with Gasteiger partial charge in [-0.25, -0.2) is 4.79 Å². The molecule has 0 heterocycles. The number of nitrogens with zero attached hydrogens (tertiary/aromatic N) is 2. The molecule has 3 rings (SSSR count). The zero-order valence-electron chi connectivity index (χ0n) is 20.6. The van der Waals surface area contributed by atoms with Crippen molar-refractivity contribution in [2.45, 2.75) is 13.8 Å². The number of nitro benzene ring substituents is 1. The van der Waals surface area contributed by atoms with Crippen molar-refractivity contribution in [2.24, 2.45) is 0 Å². The second-order valence-electron chi connectivity index (χ2n) is 7.76. The molecule has 0 aliphatic carbocycles. The summed E-state index contributed by atoms with van der Waals surface area (Å²) in [6.07, 6.45) is 1.37. The maximum Gasteiger partial charge on any atom is 0.343 e. The minimum Gasteiger partial charge on any atom is -0.497 e. The van der Waals surface area contributed by atoms with Gasteiger partial charge in [0.15, 0.2) is 11.5 Å². The Morgan fingerprint density at radius 3 is 2.45 bits per heavy atom. The molecule has 0 aliphatic heterocycles. The van der Waals surface area contributed by atoms with Crippen LogP contribution in [0.25, 0.3) is 6.08 Å². The van der Waals surface area contributed by atoms with Gasteiger partial charge in [-0.1, -0.05) is 0 Å². The Labute approximate surface area is 232 Å². The minimum absolute atomic E-state index is 0.109. The van der Waals surface area contributed by atoms with Crippen LogP contribution in [0, 0.1) is 31.9 Å². The first-order valence-corrected chi connectivity index (χ1v) is 12.3. The van der Waals surface area contributed by atoms with E-state index >= 15 is 0 Å². The molecular weight excluding hydrogens is 605 g/mol. The molecule has 3 aromatic rings. The summed E-state index contributed by atoms with van der Waals surface area (Å²) in [6, 6.07) is 15.5.